The van der Waals surface area contributed by atoms with Gasteiger partial charge in [0, 0.05) is 11.5 Å². The average Bonchev–Trinajstić information content (AvgIpc) is 2.28. The van der Waals surface area contributed by atoms with E-state index in [1.165, 1.54) is 0 Å². The first kappa shape index (κ1) is 13.7. The fourth-order valence-corrected chi connectivity index (χ4v) is 1.58. The number of aliphatic carboxylic acids is 1. The minimum Gasteiger partial charge on any atom is -0.481 e. The maximum atomic E-state index is 10.5. The van der Waals surface area contributed by atoms with Crippen LogP contribution in [0.3, 0.4) is 0 Å². The number of aliphatic hydroxyl groups excluding tert-OH is 1. The van der Waals surface area contributed by atoms with Crippen LogP contribution in [-0.4, -0.2) is 22.8 Å². The molecule has 4 nitrogen and oxygen atoms in total. The molecule has 0 aliphatic rings. The molecule has 4 N–H and O–H groups in total. The van der Waals surface area contributed by atoms with Crippen molar-refractivity contribution in [2.75, 3.05) is 6.61 Å². The highest BCUT2D eigenvalue weighted by Crippen LogP contribution is 2.24. The SMILES string of the molecule is CC(C)(CO)c1ccc(C(N)CC(=O)O)cc1. The van der Waals surface area contributed by atoms with E-state index in [-0.39, 0.29) is 18.4 Å². The van der Waals surface area contributed by atoms with Gasteiger partial charge in [-0.05, 0) is 11.1 Å². The number of rotatable bonds is 5. The largest absolute Gasteiger partial charge is 0.481 e. The van der Waals surface area contributed by atoms with Crippen LogP contribution in [0.5, 0.6) is 0 Å². The molecule has 0 aromatic heterocycles. The van der Waals surface area contributed by atoms with E-state index in [1.807, 2.05) is 38.1 Å². The first-order valence-corrected chi connectivity index (χ1v) is 5.55. The number of aliphatic hydroxyl groups is 1. The minimum atomic E-state index is -0.905. The van der Waals surface area contributed by atoms with E-state index in [4.69, 9.17) is 10.8 Å². The lowest BCUT2D eigenvalue weighted by molar-refractivity contribution is -0.137. The van der Waals surface area contributed by atoms with Crippen LogP contribution in [-0.2, 0) is 10.2 Å². The predicted octanol–water partition coefficient (Wildman–Crippen LogP) is 1.43. The molecule has 1 rings (SSSR count). The molecule has 0 fully saturated rings. The van der Waals surface area contributed by atoms with Gasteiger partial charge in [-0.1, -0.05) is 38.1 Å². The Morgan fingerprint density at radius 2 is 1.88 bits per heavy atom. The van der Waals surface area contributed by atoms with E-state index in [9.17, 15) is 9.90 Å². The van der Waals surface area contributed by atoms with E-state index >= 15 is 0 Å². The van der Waals surface area contributed by atoms with Crippen molar-refractivity contribution >= 4 is 5.97 Å². The van der Waals surface area contributed by atoms with E-state index < -0.39 is 12.0 Å². The van der Waals surface area contributed by atoms with Crippen molar-refractivity contribution in [3.8, 4) is 0 Å². The summed E-state index contributed by atoms with van der Waals surface area (Å²) >= 11 is 0. The first-order chi connectivity index (χ1) is 7.86. The molecular weight excluding hydrogens is 218 g/mol. The lowest BCUT2D eigenvalue weighted by Crippen LogP contribution is -2.22. The fourth-order valence-electron chi connectivity index (χ4n) is 1.58. The van der Waals surface area contributed by atoms with Crippen molar-refractivity contribution in [2.45, 2.75) is 31.7 Å². The second-order valence-electron chi connectivity index (χ2n) is 4.87. The highest BCUT2D eigenvalue weighted by atomic mass is 16.4. The van der Waals surface area contributed by atoms with Gasteiger partial charge in [-0.25, -0.2) is 0 Å². The molecule has 0 spiro atoms. The van der Waals surface area contributed by atoms with Gasteiger partial charge < -0.3 is 15.9 Å². The molecule has 94 valence electrons. The van der Waals surface area contributed by atoms with Crippen LogP contribution in [0, 0.1) is 0 Å². The number of carboxylic acids is 1. The first-order valence-electron chi connectivity index (χ1n) is 5.55. The predicted molar refractivity (Wildman–Crippen MR) is 65.7 cm³/mol. The molecule has 1 aromatic rings. The quantitative estimate of drug-likeness (QED) is 0.723. The van der Waals surface area contributed by atoms with Crippen LogP contribution < -0.4 is 5.73 Å². The van der Waals surface area contributed by atoms with Gasteiger partial charge in [0.15, 0.2) is 0 Å². The maximum absolute atomic E-state index is 10.5. The molecule has 0 saturated carbocycles. The second kappa shape index (κ2) is 5.29. The topological polar surface area (TPSA) is 83.5 Å². The Kier molecular flexibility index (Phi) is 4.26. The van der Waals surface area contributed by atoms with Gasteiger partial charge >= 0.3 is 5.97 Å². The van der Waals surface area contributed by atoms with Crippen LogP contribution in [0.25, 0.3) is 0 Å². The van der Waals surface area contributed by atoms with E-state index in [0.29, 0.717) is 0 Å². The van der Waals surface area contributed by atoms with Gasteiger partial charge in [-0.3, -0.25) is 4.79 Å². The Morgan fingerprint density at radius 3 is 2.29 bits per heavy atom. The van der Waals surface area contributed by atoms with Crippen LogP contribution in [0.2, 0.25) is 0 Å². The third kappa shape index (κ3) is 3.54. The zero-order valence-electron chi connectivity index (χ0n) is 10.2. The summed E-state index contributed by atoms with van der Waals surface area (Å²) in [6.45, 7) is 3.95. The normalized spacial score (nSPS) is 13.4. The molecule has 0 aliphatic carbocycles. The Labute approximate surface area is 101 Å². The maximum Gasteiger partial charge on any atom is 0.305 e. The summed E-state index contributed by atoms with van der Waals surface area (Å²) in [4.78, 5) is 10.5. The summed E-state index contributed by atoms with van der Waals surface area (Å²) in [5.41, 5.74) is 7.26. The summed E-state index contributed by atoms with van der Waals surface area (Å²) in [5, 5.41) is 17.9. The second-order valence-corrected chi connectivity index (χ2v) is 4.87. The summed E-state index contributed by atoms with van der Waals surface area (Å²) in [6, 6.07) is 6.92. The van der Waals surface area contributed by atoms with Crippen molar-refractivity contribution in [2.24, 2.45) is 5.73 Å². The van der Waals surface area contributed by atoms with Gasteiger partial charge in [0.2, 0.25) is 0 Å². The monoisotopic (exact) mass is 237 g/mol. The Balaban J connectivity index is 2.84. The van der Waals surface area contributed by atoms with Crippen molar-refractivity contribution in [1.29, 1.82) is 0 Å². The summed E-state index contributed by atoms with van der Waals surface area (Å²) in [6.07, 6.45) is -0.0806. The molecule has 17 heavy (non-hydrogen) atoms. The third-order valence-corrected chi connectivity index (χ3v) is 2.91. The number of carbonyl (C=O) groups is 1. The Morgan fingerprint density at radius 1 is 1.35 bits per heavy atom. The van der Waals surface area contributed by atoms with Crippen LogP contribution >= 0.6 is 0 Å². The average molecular weight is 237 g/mol. The molecule has 1 unspecified atom stereocenters. The third-order valence-electron chi connectivity index (χ3n) is 2.91. The molecule has 1 atom stereocenters. The van der Waals surface area contributed by atoms with Gasteiger partial charge in [0.25, 0.3) is 0 Å². The van der Waals surface area contributed by atoms with E-state index in [1.54, 1.807) is 0 Å². The molecule has 0 saturated heterocycles. The van der Waals surface area contributed by atoms with Crippen LogP contribution in [0.15, 0.2) is 24.3 Å². The van der Waals surface area contributed by atoms with Crippen LogP contribution in [0.4, 0.5) is 0 Å². The van der Waals surface area contributed by atoms with Gasteiger partial charge in [-0.15, -0.1) is 0 Å². The smallest absolute Gasteiger partial charge is 0.305 e. The highest BCUT2D eigenvalue weighted by Gasteiger charge is 2.19. The number of nitrogens with two attached hydrogens (primary N) is 1. The summed E-state index contributed by atoms with van der Waals surface area (Å²) < 4.78 is 0. The van der Waals surface area contributed by atoms with Crippen molar-refractivity contribution in [3.05, 3.63) is 35.4 Å². The standard InChI is InChI=1S/C13H19NO3/c1-13(2,8-15)10-5-3-9(4-6-10)11(14)7-12(16)17/h3-6,11,15H,7-8,14H2,1-2H3,(H,16,17). The van der Waals surface area contributed by atoms with Crippen molar-refractivity contribution in [3.63, 3.8) is 0 Å². The van der Waals surface area contributed by atoms with Gasteiger partial charge in [0.05, 0.1) is 13.0 Å². The molecule has 0 bridgehead atoms. The van der Waals surface area contributed by atoms with E-state index in [2.05, 4.69) is 0 Å². The minimum absolute atomic E-state index is 0.0630. The lowest BCUT2D eigenvalue weighted by Gasteiger charge is -2.22. The molecule has 4 heteroatoms. The molecule has 0 amide bonds. The number of hydrogen-bond donors (Lipinski definition) is 3. The fraction of sp³-hybridized carbons (Fsp3) is 0.462. The summed E-state index contributed by atoms with van der Waals surface area (Å²) in [7, 11) is 0. The molecule has 0 aliphatic heterocycles. The van der Waals surface area contributed by atoms with Crippen molar-refractivity contribution < 1.29 is 15.0 Å². The molecular formula is C13H19NO3. The summed E-state index contributed by atoms with van der Waals surface area (Å²) in [5.74, 6) is -0.905. The number of hydrogen-bond acceptors (Lipinski definition) is 3. The van der Waals surface area contributed by atoms with E-state index in [0.717, 1.165) is 11.1 Å². The van der Waals surface area contributed by atoms with Crippen molar-refractivity contribution in [1.82, 2.24) is 0 Å². The molecule has 1 aromatic carbocycles. The van der Waals surface area contributed by atoms with Crippen LogP contribution in [0.1, 0.15) is 37.4 Å². The molecule has 0 heterocycles. The number of carboxylic acid groups (broad SMARTS) is 1. The zero-order valence-corrected chi connectivity index (χ0v) is 10.2. The van der Waals surface area contributed by atoms with Gasteiger partial charge in [0.1, 0.15) is 0 Å². The number of benzene rings is 1. The lowest BCUT2D eigenvalue weighted by atomic mass is 9.85. The highest BCUT2D eigenvalue weighted by molar-refractivity contribution is 5.67. The zero-order chi connectivity index (χ0) is 13.1. The van der Waals surface area contributed by atoms with Gasteiger partial charge in [-0.2, -0.15) is 0 Å². The Hall–Kier alpha value is -1.39. The Bertz CT molecular complexity index is 384. The molecule has 0 radical (unpaired) electrons.